The lowest BCUT2D eigenvalue weighted by Crippen LogP contribution is -1.92. The van der Waals surface area contributed by atoms with E-state index in [9.17, 15) is 5.11 Å². The molecular formula is C12H12N2OS. The number of nitrogens with zero attached hydrogens (tertiary/aromatic N) is 2. The lowest BCUT2D eigenvalue weighted by atomic mass is 10.3. The second kappa shape index (κ2) is 4.53. The standard InChI is InChI=1S/C12H12N2OS/c1-8-7-13-9(2)12(14-8)16-11-6-4-3-5-10(11)15/h3-7,15H,1-2H3. The number of aryl methyl sites for hydroxylation is 2. The topological polar surface area (TPSA) is 46.0 Å². The highest BCUT2D eigenvalue weighted by Crippen LogP contribution is 2.33. The first kappa shape index (κ1) is 11.0. The van der Waals surface area contributed by atoms with Gasteiger partial charge in [0.1, 0.15) is 10.8 Å². The van der Waals surface area contributed by atoms with Crippen molar-refractivity contribution in [2.24, 2.45) is 0 Å². The number of rotatable bonds is 2. The monoisotopic (exact) mass is 232 g/mol. The summed E-state index contributed by atoms with van der Waals surface area (Å²) in [5.74, 6) is 0.273. The third-order valence-electron chi connectivity index (χ3n) is 2.10. The van der Waals surface area contributed by atoms with Crippen molar-refractivity contribution in [1.29, 1.82) is 0 Å². The minimum atomic E-state index is 0.273. The van der Waals surface area contributed by atoms with E-state index in [1.54, 1.807) is 18.3 Å². The molecule has 2 rings (SSSR count). The molecule has 0 atom stereocenters. The van der Waals surface area contributed by atoms with Gasteiger partial charge in [-0.1, -0.05) is 23.9 Å². The molecule has 0 aliphatic carbocycles. The first-order valence-corrected chi connectivity index (χ1v) is 5.74. The van der Waals surface area contributed by atoms with Gasteiger partial charge in [0.2, 0.25) is 0 Å². The summed E-state index contributed by atoms with van der Waals surface area (Å²) >= 11 is 1.43. The average molecular weight is 232 g/mol. The lowest BCUT2D eigenvalue weighted by Gasteiger charge is -2.06. The summed E-state index contributed by atoms with van der Waals surface area (Å²) in [5, 5.41) is 10.5. The number of benzene rings is 1. The summed E-state index contributed by atoms with van der Waals surface area (Å²) in [5.41, 5.74) is 1.75. The molecule has 0 bridgehead atoms. The zero-order valence-corrected chi connectivity index (χ0v) is 9.95. The Morgan fingerprint density at radius 1 is 1.19 bits per heavy atom. The van der Waals surface area contributed by atoms with Crippen LogP contribution >= 0.6 is 11.8 Å². The number of aromatic nitrogens is 2. The molecule has 0 amide bonds. The number of hydrogen-bond acceptors (Lipinski definition) is 4. The Morgan fingerprint density at radius 2 is 1.94 bits per heavy atom. The summed E-state index contributed by atoms with van der Waals surface area (Å²) in [7, 11) is 0. The van der Waals surface area contributed by atoms with Crippen LogP contribution in [-0.4, -0.2) is 15.1 Å². The van der Waals surface area contributed by atoms with E-state index in [1.807, 2.05) is 26.0 Å². The highest BCUT2D eigenvalue weighted by molar-refractivity contribution is 7.99. The van der Waals surface area contributed by atoms with E-state index < -0.39 is 0 Å². The van der Waals surface area contributed by atoms with Crippen LogP contribution in [0.15, 0.2) is 40.4 Å². The van der Waals surface area contributed by atoms with Crippen molar-refractivity contribution >= 4 is 11.8 Å². The van der Waals surface area contributed by atoms with Crippen LogP contribution in [0.3, 0.4) is 0 Å². The van der Waals surface area contributed by atoms with E-state index in [1.165, 1.54) is 11.8 Å². The fourth-order valence-corrected chi connectivity index (χ4v) is 2.18. The second-order valence-corrected chi connectivity index (χ2v) is 4.50. The maximum Gasteiger partial charge on any atom is 0.129 e. The predicted molar refractivity (Wildman–Crippen MR) is 63.7 cm³/mol. The Hall–Kier alpha value is -1.55. The predicted octanol–water partition coefficient (Wildman–Crippen LogP) is 2.95. The average Bonchev–Trinajstić information content (AvgIpc) is 2.27. The van der Waals surface area contributed by atoms with Crippen molar-refractivity contribution in [3.8, 4) is 5.75 Å². The minimum absolute atomic E-state index is 0.273. The zero-order valence-electron chi connectivity index (χ0n) is 9.14. The largest absolute Gasteiger partial charge is 0.507 e. The summed E-state index contributed by atoms with van der Waals surface area (Å²) in [6.45, 7) is 3.82. The van der Waals surface area contributed by atoms with Crippen molar-refractivity contribution < 1.29 is 5.11 Å². The van der Waals surface area contributed by atoms with Gasteiger partial charge in [0.25, 0.3) is 0 Å². The Kier molecular flexibility index (Phi) is 3.10. The number of phenols is 1. The van der Waals surface area contributed by atoms with Crippen LogP contribution in [0.4, 0.5) is 0 Å². The van der Waals surface area contributed by atoms with Crippen LogP contribution in [0, 0.1) is 13.8 Å². The van der Waals surface area contributed by atoms with E-state index in [4.69, 9.17) is 0 Å². The normalized spacial score (nSPS) is 10.4. The maximum atomic E-state index is 9.66. The molecule has 0 spiro atoms. The smallest absolute Gasteiger partial charge is 0.129 e. The number of aromatic hydroxyl groups is 1. The maximum absolute atomic E-state index is 9.66. The van der Waals surface area contributed by atoms with Gasteiger partial charge in [-0.15, -0.1) is 0 Å². The van der Waals surface area contributed by atoms with Gasteiger partial charge in [-0.05, 0) is 26.0 Å². The Bertz CT molecular complexity index is 514. The van der Waals surface area contributed by atoms with E-state index in [0.717, 1.165) is 21.3 Å². The SMILES string of the molecule is Cc1cnc(C)c(Sc2ccccc2O)n1. The number of para-hydroxylation sites is 1. The molecule has 0 unspecified atom stereocenters. The third kappa shape index (κ3) is 2.33. The van der Waals surface area contributed by atoms with Crippen molar-refractivity contribution in [1.82, 2.24) is 9.97 Å². The summed E-state index contributed by atoms with van der Waals surface area (Å²) in [4.78, 5) is 9.43. The van der Waals surface area contributed by atoms with Crippen LogP contribution in [0.2, 0.25) is 0 Å². The van der Waals surface area contributed by atoms with Gasteiger partial charge in [-0.3, -0.25) is 4.98 Å². The number of hydrogen-bond donors (Lipinski definition) is 1. The molecule has 3 nitrogen and oxygen atoms in total. The van der Waals surface area contributed by atoms with Gasteiger partial charge in [0.05, 0.1) is 16.3 Å². The van der Waals surface area contributed by atoms with Gasteiger partial charge in [-0.25, -0.2) is 4.98 Å². The first-order chi connectivity index (χ1) is 7.66. The first-order valence-electron chi connectivity index (χ1n) is 4.93. The fraction of sp³-hybridized carbons (Fsp3) is 0.167. The Balaban J connectivity index is 2.34. The third-order valence-corrected chi connectivity index (χ3v) is 3.25. The molecular weight excluding hydrogens is 220 g/mol. The fourth-order valence-electron chi connectivity index (χ4n) is 1.26. The van der Waals surface area contributed by atoms with Crippen LogP contribution in [0.25, 0.3) is 0 Å². The quantitative estimate of drug-likeness (QED) is 0.864. The lowest BCUT2D eigenvalue weighted by molar-refractivity contribution is 0.462. The van der Waals surface area contributed by atoms with Crippen molar-refractivity contribution in [3.63, 3.8) is 0 Å². The second-order valence-electron chi connectivity index (χ2n) is 3.47. The molecule has 0 radical (unpaired) electrons. The highest BCUT2D eigenvalue weighted by atomic mass is 32.2. The zero-order chi connectivity index (χ0) is 11.5. The van der Waals surface area contributed by atoms with Crippen LogP contribution in [-0.2, 0) is 0 Å². The molecule has 1 N–H and O–H groups in total. The molecule has 4 heteroatoms. The van der Waals surface area contributed by atoms with Crippen molar-refractivity contribution in [2.45, 2.75) is 23.8 Å². The van der Waals surface area contributed by atoms with E-state index in [2.05, 4.69) is 9.97 Å². The molecule has 1 heterocycles. The van der Waals surface area contributed by atoms with Gasteiger partial charge >= 0.3 is 0 Å². The molecule has 1 aromatic carbocycles. The van der Waals surface area contributed by atoms with Gasteiger partial charge in [0.15, 0.2) is 0 Å². The number of phenolic OH excluding ortho intramolecular Hbond substituents is 1. The molecule has 2 aromatic rings. The minimum Gasteiger partial charge on any atom is -0.507 e. The highest BCUT2D eigenvalue weighted by Gasteiger charge is 2.07. The van der Waals surface area contributed by atoms with Crippen LogP contribution < -0.4 is 0 Å². The molecule has 1 aromatic heterocycles. The Morgan fingerprint density at radius 3 is 2.69 bits per heavy atom. The van der Waals surface area contributed by atoms with Crippen molar-refractivity contribution in [3.05, 3.63) is 41.9 Å². The van der Waals surface area contributed by atoms with E-state index in [0.29, 0.717) is 0 Å². The van der Waals surface area contributed by atoms with Gasteiger partial charge in [-0.2, -0.15) is 0 Å². The molecule has 82 valence electrons. The van der Waals surface area contributed by atoms with Crippen LogP contribution in [0.5, 0.6) is 5.75 Å². The van der Waals surface area contributed by atoms with Crippen LogP contribution in [0.1, 0.15) is 11.4 Å². The molecule has 0 aliphatic heterocycles. The van der Waals surface area contributed by atoms with E-state index in [-0.39, 0.29) is 5.75 Å². The molecule has 0 aliphatic rings. The summed E-state index contributed by atoms with van der Waals surface area (Å²) in [6.07, 6.45) is 1.74. The molecule has 16 heavy (non-hydrogen) atoms. The van der Waals surface area contributed by atoms with Gasteiger partial charge < -0.3 is 5.11 Å². The molecule has 0 saturated carbocycles. The van der Waals surface area contributed by atoms with Gasteiger partial charge in [0, 0.05) is 6.20 Å². The summed E-state index contributed by atoms with van der Waals surface area (Å²) < 4.78 is 0. The molecule has 0 fully saturated rings. The summed E-state index contributed by atoms with van der Waals surface area (Å²) in [6, 6.07) is 7.22. The van der Waals surface area contributed by atoms with E-state index >= 15 is 0 Å². The Labute approximate surface area is 98.6 Å². The molecule has 0 saturated heterocycles. The van der Waals surface area contributed by atoms with Crippen molar-refractivity contribution in [2.75, 3.05) is 0 Å².